The van der Waals surface area contributed by atoms with Crippen LogP contribution in [0.4, 0.5) is 5.69 Å². The van der Waals surface area contributed by atoms with Gasteiger partial charge in [-0.3, -0.25) is 0 Å². The van der Waals surface area contributed by atoms with E-state index in [-0.39, 0.29) is 0 Å². The molecule has 160 valence electrons. The van der Waals surface area contributed by atoms with Gasteiger partial charge in [-0.25, -0.2) is 15.1 Å². The molecule has 5 rings (SSSR count). The van der Waals surface area contributed by atoms with Gasteiger partial charge in [0.25, 0.3) is 0 Å². The Morgan fingerprint density at radius 1 is 0.969 bits per heavy atom. The lowest BCUT2D eigenvalue weighted by Gasteiger charge is -2.11. The van der Waals surface area contributed by atoms with E-state index >= 15 is 0 Å². The second-order valence-electron chi connectivity index (χ2n) is 7.68. The number of hydrogen-bond donors (Lipinski definition) is 2. The molecular formula is C24H24N8. The lowest BCUT2D eigenvalue weighted by atomic mass is 9.98. The summed E-state index contributed by atoms with van der Waals surface area (Å²) in [4.78, 5) is 9.47. The molecule has 0 unspecified atom stereocenters. The zero-order valence-corrected chi connectivity index (χ0v) is 18.1. The number of anilines is 1. The summed E-state index contributed by atoms with van der Waals surface area (Å²) in [5.41, 5.74) is 14.0. The maximum absolute atomic E-state index is 6.14. The first-order valence-electron chi connectivity index (χ1n) is 10.7. The van der Waals surface area contributed by atoms with Gasteiger partial charge in [0.2, 0.25) is 0 Å². The Morgan fingerprint density at radius 3 is 2.44 bits per heavy atom. The molecule has 5 aromatic rings. The molecule has 0 spiro atoms. The smallest absolute Gasteiger partial charge is 0.180 e. The molecule has 0 atom stereocenters. The molecule has 0 saturated heterocycles. The summed E-state index contributed by atoms with van der Waals surface area (Å²) in [5, 5.41) is 14.3. The summed E-state index contributed by atoms with van der Waals surface area (Å²) in [5.74, 6) is 1.67. The van der Waals surface area contributed by atoms with E-state index in [1.165, 1.54) is 5.56 Å². The fourth-order valence-corrected chi connectivity index (χ4v) is 4.16. The highest BCUT2D eigenvalue weighted by Crippen LogP contribution is 2.30. The van der Waals surface area contributed by atoms with Crippen LogP contribution in [0.5, 0.6) is 0 Å². The maximum Gasteiger partial charge on any atom is 0.180 e. The quantitative estimate of drug-likeness (QED) is 0.426. The first-order chi connectivity index (χ1) is 15.7. The summed E-state index contributed by atoms with van der Waals surface area (Å²) in [6.07, 6.45) is 3.41. The molecule has 8 nitrogen and oxygen atoms in total. The standard InChI is InChI=1S/C24H24N8/c1-3-17-20(25)13-26-24-22(17)27-21(4-2)32(24)14-15-9-11-16(12-10-15)18-7-5-6-8-19(18)23-28-30-31-29-23/h5-13H,3-4,14,25H2,1-2H3,(H,28,29,30,31). The molecule has 3 heterocycles. The number of aromatic nitrogens is 7. The summed E-state index contributed by atoms with van der Waals surface area (Å²) in [6.45, 7) is 4.92. The largest absolute Gasteiger partial charge is 0.397 e. The van der Waals surface area contributed by atoms with E-state index < -0.39 is 0 Å². The molecule has 0 saturated carbocycles. The molecule has 3 N–H and O–H groups in total. The van der Waals surface area contributed by atoms with Gasteiger partial charge in [-0.15, -0.1) is 5.10 Å². The van der Waals surface area contributed by atoms with Gasteiger partial charge in [-0.1, -0.05) is 62.4 Å². The van der Waals surface area contributed by atoms with Crippen LogP contribution in [-0.2, 0) is 19.4 Å². The second-order valence-corrected chi connectivity index (χ2v) is 7.68. The van der Waals surface area contributed by atoms with Crippen molar-refractivity contribution in [3.8, 4) is 22.5 Å². The van der Waals surface area contributed by atoms with Gasteiger partial charge >= 0.3 is 0 Å². The average Bonchev–Trinajstić information content (AvgIpc) is 3.48. The van der Waals surface area contributed by atoms with E-state index in [2.05, 4.69) is 74.4 Å². The zero-order valence-electron chi connectivity index (χ0n) is 18.1. The number of pyridine rings is 1. The van der Waals surface area contributed by atoms with Crippen LogP contribution >= 0.6 is 0 Å². The number of hydrogen-bond acceptors (Lipinski definition) is 6. The number of nitrogens with zero attached hydrogens (tertiary/aromatic N) is 6. The van der Waals surface area contributed by atoms with Crippen molar-refractivity contribution in [1.82, 2.24) is 35.2 Å². The van der Waals surface area contributed by atoms with E-state index in [1.54, 1.807) is 6.20 Å². The highest BCUT2D eigenvalue weighted by atomic mass is 15.5. The molecule has 0 aliphatic rings. The molecule has 0 amide bonds. The molecule has 3 aromatic heterocycles. The van der Waals surface area contributed by atoms with E-state index in [0.717, 1.165) is 52.1 Å². The number of nitrogens with two attached hydrogens (primary N) is 1. The van der Waals surface area contributed by atoms with Crippen LogP contribution in [0.1, 0.15) is 30.8 Å². The van der Waals surface area contributed by atoms with Crippen LogP contribution in [0.2, 0.25) is 0 Å². The highest BCUT2D eigenvalue weighted by Gasteiger charge is 2.16. The summed E-state index contributed by atoms with van der Waals surface area (Å²) >= 11 is 0. The van der Waals surface area contributed by atoms with E-state index in [1.807, 2.05) is 18.2 Å². The van der Waals surface area contributed by atoms with Crippen LogP contribution in [-0.4, -0.2) is 35.2 Å². The predicted octanol–water partition coefficient (Wildman–Crippen LogP) is 4.03. The van der Waals surface area contributed by atoms with Crippen LogP contribution in [0.3, 0.4) is 0 Å². The molecule has 2 aromatic carbocycles. The number of benzene rings is 2. The summed E-state index contributed by atoms with van der Waals surface area (Å²) < 4.78 is 2.19. The third-order valence-corrected chi connectivity index (χ3v) is 5.78. The van der Waals surface area contributed by atoms with Crippen LogP contribution in [0.25, 0.3) is 33.7 Å². The number of nitrogen functional groups attached to an aromatic ring is 1. The molecule has 0 aliphatic heterocycles. The fraction of sp³-hybridized carbons (Fsp3) is 0.208. The van der Waals surface area contributed by atoms with Gasteiger partial charge in [0.15, 0.2) is 11.5 Å². The summed E-state index contributed by atoms with van der Waals surface area (Å²) in [7, 11) is 0. The molecule has 8 heteroatoms. The highest BCUT2D eigenvalue weighted by molar-refractivity contribution is 5.81. The Morgan fingerprint density at radius 2 is 1.75 bits per heavy atom. The molecule has 32 heavy (non-hydrogen) atoms. The monoisotopic (exact) mass is 424 g/mol. The van der Waals surface area contributed by atoms with Crippen LogP contribution in [0, 0.1) is 0 Å². The molecule has 0 fully saturated rings. The van der Waals surface area contributed by atoms with E-state index in [9.17, 15) is 0 Å². The van der Waals surface area contributed by atoms with Crippen molar-refractivity contribution in [3.63, 3.8) is 0 Å². The average molecular weight is 425 g/mol. The number of fused-ring (bicyclic) bond motifs is 1. The van der Waals surface area contributed by atoms with Crippen molar-refractivity contribution in [2.24, 2.45) is 0 Å². The predicted molar refractivity (Wildman–Crippen MR) is 125 cm³/mol. The van der Waals surface area contributed by atoms with Crippen molar-refractivity contribution in [2.75, 3.05) is 5.73 Å². The van der Waals surface area contributed by atoms with Gasteiger partial charge in [-0.2, -0.15) is 0 Å². The second kappa shape index (κ2) is 8.22. The topological polar surface area (TPSA) is 111 Å². The molecular weight excluding hydrogens is 400 g/mol. The van der Waals surface area contributed by atoms with Gasteiger partial charge in [0.05, 0.1) is 18.4 Å². The minimum atomic E-state index is 0.652. The number of tetrazole rings is 1. The Bertz CT molecular complexity index is 1370. The normalized spacial score (nSPS) is 11.3. The summed E-state index contributed by atoms with van der Waals surface area (Å²) in [6, 6.07) is 16.6. The van der Waals surface area contributed by atoms with Crippen LogP contribution < -0.4 is 5.73 Å². The van der Waals surface area contributed by atoms with Gasteiger partial charge in [0, 0.05) is 17.5 Å². The first-order valence-corrected chi connectivity index (χ1v) is 10.7. The van der Waals surface area contributed by atoms with Crippen molar-refractivity contribution < 1.29 is 0 Å². The molecule has 0 radical (unpaired) electrons. The van der Waals surface area contributed by atoms with Gasteiger partial charge in [-0.05, 0) is 33.5 Å². The minimum Gasteiger partial charge on any atom is -0.397 e. The number of rotatable bonds is 6. The number of imidazole rings is 1. The lowest BCUT2D eigenvalue weighted by Crippen LogP contribution is -2.05. The third-order valence-electron chi connectivity index (χ3n) is 5.78. The Labute approximate surface area is 185 Å². The Hall–Kier alpha value is -4.07. The van der Waals surface area contributed by atoms with Gasteiger partial charge in [0.1, 0.15) is 11.3 Å². The number of aryl methyl sites for hydroxylation is 2. The number of nitrogens with one attached hydrogen (secondary N) is 1. The number of H-pyrrole nitrogens is 1. The van der Waals surface area contributed by atoms with E-state index in [4.69, 9.17) is 10.7 Å². The molecule has 0 bridgehead atoms. The van der Waals surface area contributed by atoms with Crippen molar-refractivity contribution >= 4 is 16.9 Å². The van der Waals surface area contributed by atoms with Crippen molar-refractivity contribution in [3.05, 3.63) is 71.7 Å². The Kier molecular flexibility index (Phi) is 5.10. The zero-order chi connectivity index (χ0) is 22.1. The minimum absolute atomic E-state index is 0.652. The number of aromatic amines is 1. The third kappa shape index (κ3) is 3.39. The lowest BCUT2D eigenvalue weighted by molar-refractivity contribution is 0.746. The SMILES string of the molecule is CCc1c(N)cnc2c1nc(CC)n2Cc1ccc(-c2ccccc2-c2nnn[nH]2)cc1. The fourth-order valence-electron chi connectivity index (χ4n) is 4.16. The van der Waals surface area contributed by atoms with Crippen molar-refractivity contribution in [2.45, 2.75) is 33.2 Å². The maximum atomic E-state index is 6.14. The Balaban J connectivity index is 1.50. The first kappa shape index (κ1) is 19.9. The van der Waals surface area contributed by atoms with Gasteiger partial charge < -0.3 is 10.3 Å². The van der Waals surface area contributed by atoms with E-state index in [0.29, 0.717) is 18.1 Å². The van der Waals surface area contributed by atoms with Crippen molar-refractivity contribution in [1.29, 1.82) is 0 Å². The molecule has 0 aliphatic carbocycles. The van der Waals surface area contributed by atoms with Crippen LogP contribution in [0.15, 0.2) is 54.7 Å².